The number of rotatable bonds is 6. The summed E-state index contributed by atoms with van der Waals surface area (Å²) in [5.74, 6) is 2.32. The van der Waals surface area contributed by atoms with E-state index in [9.17, 15) is 9.59 Å². The van der Waals surface area contributed by atoms with Crippen LogP contribution >= 0.6 is 0 Å². The Morgan fingerprint density at radius 2 is 2.04 bits per heavy atom. The van der Waals surface area contributed by atoms with Crippen LogP contribution in [0.25, 0.3) is 0 Å². The van der Waals surface area contributed by atoms with E-state index >= 15 is 0 Å². The molecule has 3 rings (SSSR count). The molecule has 2 heterocycles. The van der Waals surface area contributed by atoms with Gasteiger partial charge in [-0.3, -0.25) is 14.5 Å². The first kappa shape index (κ1) is 18.0. The van der Waals surface area contributed by atoms with Crippen molar-refractivity contribution in [1.29, 1.82) is 0 Å². The SMILES string of the molecule is CNC(=O)c1ccc(CN2C[C@H](NC(=O)C3CCC3)[C@@H](C(C)C)C2)o1. The van der Waals surface area contributed by atoms with Crippen LogP contribution in [0.15, 0.2) is 16.5 Å². The number of carbonyl (C=O) groups is 2. The second-order valence-corrected chi connectivity index (χ2v) is 7.69. The van der Waals surface area contributed by atoms with Gasteiger partial charge in [0.2, 0.25) is 5.91 Å². The molecular weight excluding hydrogens is 318 g/mol. The molecule has 138 valence electrons. The molecule has 25 heavy (non-hydrogen) atoms. The van der Waals surface area contributed by atoms with Crippen LogP contribution in [0.2, 0.25) is 0 Å². The van der Waals surface area contributed by atoms with E-state index in [1.807, 2.05) is 6.07 Å². The Labute approximate surface area is 149 Å². The van der Waals surface area contributed by atoms with Gasteiger partial charge in [0.25, 0.3) is 5.91 Å². The highest BCUT2D eigenvalue weighted by atomic mass is 16.4. The van der Waals surface area contributed by atoms with Crippen LogP contribution in [-0.2, 0) is 11.3 Å². The molecule has 0 spiro atoms. The number of amides is 2. The predicted octanol–water partition coefficient (Wildman–Crippen LogP) is 2.01. The molecule has 1 aromatic heterocycles. The first-order valence-electron chi connectivity index (χ1n) is 9.31. The fourth-order valence-corrected chi connectivity index (χ4v) is 3.77. The van der Waals surface area contributed by atoms with Crippen molar-refractivity contribution < 1.29 is 14.0 Å². The molecular formula is C19H29N3O3. The van der Waals surface area contributed by atoms with Crippen LogP contribution < -0.4 is 10.6 Å². The lowest BCUT2D eigenvalue weighted by atomic mass is 9.84. The maximum Gasteiger partial charge on any atom is 0.286 e. The Kier molecular flexibility index (Phi) is 5.47. The Morgan fingerprint density at radius 1 is 1.28 bits per heavy atom. The third-order valence-electron chi connectivity index (χ3n) is 5.59. The van der Waals surface area contributed by atoms with Gasteiger partial charge >= 0.3 is 0 Å². The van der Waals surface area contributed by atoms with Crippen LogP contribution in [-0.4, -0.2) is 42.9 Å². The van der Waals surface area contributed by atoms with Gasteiger partial charge in [0.05, 0.1) is 6.54 Å². The van der Waals surface area contributed by atoms with Crippen LogP contribution in [0, 0.1) is 17.8 Å². The van der Waals surface area contributed by atoms with Gasteiger partial charge < -0.3 is 15.1 Å². The molecule has 2 atom stereocenters. The quantitative estimate of drug-likeness (QED) is 0.825. The average molecular weight is 347 g/mol. The molecule has 0 radical (unpaired) electrons. The van der Waals surface area contributed by atoms with E-state index in [0.29, 0.717) is 24.1 Å². The minimum Gasteiger partial charge on any atom is -0.455 e. The van der Waals surface area contributed by atoms with Crippen molar-refractivity contribution in [3.8, 4) is 0 Å². The maximum absolute atomic E-state index is 12.3. The number of nitrogens with zero attached hydrogens (tertiary/aromatic N) is 1. The second kappa shape index (κ2) is 7.60. The van der Waals surface area contributed by atoms with E-state index in [1.165, 1.54) is 6.42 Å². The van der Waals surface area contributed by atoms with Gasteiger partial charge in [-0.05, 0) is 36.8 Å². The van der Waals surface area contributed by atoms with E-state index < -0.39 is 0 Å². The Morgan fingerprint density at radius 3 is 2.64 bits per heavy atom. The summed E-state index contributed by atoms with van der Waals surface area (Å²) in [5, 5.41) is 5.85. The van der Waals surface area contributed by atoms with Crippen molar-refractivity contribution in [3.63, 3.8) is 0 Å². The first-order chi connectivity index (χ1) is 12.0. The molecule has 2 aliphatic rings. The lowest BCUT2D eigenvalue weighted by molar-refractivity contribution is -0.128. The van der Waals surface area contributed by atoms with Crippen LogP contribution in [0.4, 0.5) is 0 Å². The fraction of sp³-hybridized carbons (Fsp3) is 0.684. The molecule has 0 bridgehead atoms. The van der Waals surface area contributed by atoms with E-state index in [2.05, 4.69) is 29.4 Å². The third-order valence-corrected chi connectivity index (χ3v) is 5.59. The molecule has 2 N–H and O–H groups in total. The van der Waals surface area contributed by atoms with Crippen molar-refractivity contribution in [1.82, 2.24) is 15.5 Å². The first-order valence-corrected chi connectivity index (χ1v) is 9.31. The molecule has 2 amide bonds. The van der Waals surface area contributed by atoms with Gasteiger partial charge in [0, 0.05) is 32.1 Å². The minimum atomic E-state index is -0.210. The van der Waals surface area contributed by atoms with Gasteiger partial charge in [-0.2, -0.15) is 0 Å². The van der Waals surface area contributed by atoms with Gasteiger partial charge in [0.15, 0.2) is 5.76 Å². The summed E-state index contributed by atoms with van der Waals surface area (Å²) in [4.78, 5) is 26.3. The summed E-state index contributed by atoms with van der Waals surface area (Å²) >= 11 is 0. The summed E-state index contributed by atoms with van der Waals surface area (Å²) in [6.07, 6.45) is 3.24. The summed E-state index contributed by atoms with van der Waals surface area (Å²) < 4.78 is 5.63. The largest absolute Gasteiger partial charge is 0.455 e. The minimum absolute atomic E-state index is 0.196. The lowest BCUT2D eigenvalue weighted by Gasteiger charge is -2.29. The topological polar surface area (TPSA) is 74.6 Å². The Hall–Kier alpha value is -1.82. The molecule has 1 saturated heterocycles. The number of carbonyl (C=O) groups excluding carboxylic acids is 2. The fourth-order valence-electron chi connectivity index (χ4n) is 3.77. The molecule has 0 unspecified atom stereocenters. The monoisotopic (exact) mass is 347 g/mol. The average Bonchev–Trinajstić information content (AvgIpc) is 3.12. The van der Waals surface area contributed by atoms with Crippen molar-refractivity contribution in [3.05, 3.63) is 23.7 Å². The highest BCUT2D eigenvalue weighted by molar-refractivity contribution is 5.91. The van der Waals surface area contributed by atoms with Gasteiger partial charge in [-0.15, -0.1) is 0 Å². The Balaban J connectivity index is 1.60. The molecule has 0 aromatic carbocycles. The van der Waals surface area contributed by atoms with E-state index in [0.717, 1.165) is 31.7 Å². The summed E-state index contributed by atoms with van der Waals surface area (Å²) in [5.41, 5.74) is 0. The number of furan rings is 1. The molecule has 6 nitrogen and oxygen atoms in total. The molecule has 1 aromatic rings. The molecule has 6 heteroatoms. The van der Waals surface area contributed by atoms with E-state index in [-0.39, 0.29) is 23.8 Å². The smallest absolute Gasteiger partial charge is 0.286 e. The number of hydrogen-bond donors (Lipinski definition) is 2. The number of likely N-dealkylation sites (tertiary alicyclic amines) is 1. The molecule has 1 saturated carbocycles. The van der Waals surface area contributed by atoms with Crippen molar-refractivity contribution in [2.75, 3.05) is 20.1 Å². The second-order valence-electron chi connectivity index (χ2n) is 7.69. The summed E-state index contributed by atoms with van der Waals surface area (Å²) in [6, 6.07) is 3.76. The maximum atomic E-state index is 12.3. The predicted molar refractivity (Wildman–Crippen MR) is 95.0 cm³/mol. The van der Waals surface area contributed by atoms with Crippen LogP contribution in [0.5, 0.6) is 0 Å². The zero-order valence-corrected chi connectivity index (χ0v) is 15.4. The standard InChI is InChI=1S/C19H29N3O3/c1-12(2)15-10-22(9-14-7-8-17(25-14)19(24)20-3)11-16(15)21-18(23)13-5-4-6-13/h7-8,12-13,15-16H,4-6,9-11H2,1-3H3,(H,20,24)(H,21,23)/t15-,16+/m1/s1. The van der Waals surface area contributed by atoms with Gasteiger partial charge in [-0.1, -0.05) is 20.3 Å². The highest BCUT2D eigenvalue weighted by Gasteiger charge is 2.37. The van der Waals surface area contributed by atoms with Crippen molar-refractivity contribution in [2.45, 2.75) is 45.7 Å². The van der Waals surface area contributed by atoms with Gasteiger partial charge in [-0.25, -0.2) is 0 Å². The number of nitrogens with one attached hydrogen (secondary N) is 2. The lowest BCUT2D eigenvalue weighted by Crippen LogP contribution is -2.45. The zero-order valence-electron chi connectivity index (χ0n) is 15.4. The molecule has 1 aliphatic heterocycles. The molecule has 2 fully saturated rings. The van der Waals surface area contributed by atoms with Crippen molar-refractivity contribution >= 4 is 11.8 Å². The zero-order chi connectivity index (χ0) is 18.0. The Bertz CT molecular complexity index is 621. The number of hydrogen-bond acceptors (Lipinski definition) is 4. The van der Waals surface area contributed by atoms with Crippen molar-refractivity contribution in [2.24, 2.45) is 17.8 Å². The van der Waals surface area contributed by atoms with Gasteiger partial charge in [0.1, 0.15) is 5.76 Å². The summed E-state index contributed by atoms with van der Waals surface area (Å²) in [6.45, 7) is 6.86. The normalized spacial score (nSPS) is 24.3. The third kappa shape index (κ3) is 4.06. The highest BCUT2D eigenvalue weighted by Crippen LogP contribution is 2.29. The van der Waals surface area contributed by atoms with E-state index in [4.69, 9.17) is 4.42 Å². The van der Waals surface area contributed by atoms with Crippen LogP contribution in [0.1, 0.15) is 49.4 Å². The molecule has 1 aliphatic carbocycles. The summed E-state index contributed by atoms with van der Waals surface area (Å²) in [7, 11) is 1.59. The van der Waals surface area contributed by atoms with Crippen LogP contribution in [0.3, 0.4) is 0 Å². The van der Waals surface area contributed by atoms with E-state index in [1.54, 1.807) is 13.1 Å².